The van der Waals surface area contributed by atoms with Gasteiger partial charge in [0.15, 0.2) is 0 Å². The molecule has 0 aliphatic rings. The monoisotopic (exact) mass is 397 g/mol. The molecule has 0 fully saturated rings. The molecular weight excluding hydrogens is 377 g/mol. The number of carbonyl (C=O) groups is 1. The van der Waals surface area contributed by atoms with Crippen LogP contribution in [0.5, 0.6) is 0 Å². The lowest BCUT2D eigenvalue weighted by Crippen LogP contribution is -2.30. The van der Waals surface area contributed by atoms with E-state index >= 15 is 0 Å². The first-order valence-electron chi connectivity index (χ1n) is 8.80. The number of amides is 1. The third kappa shape index (κ3) is 4.67. The summed E-state index contributed by atoms with van der Waals surface area (Å²) in [4.78, 5) is 30.7. The number of nitrogens with zero attached hydrogens (tertiary/aromatic N) is 2. The molecule has 0 bridgehead atoms. The van der Waals surface area contributed by atoms with Gasteiger partial charge in [-0.15, -0.1) is 11.8 Å². The molecule has 0 saturated carbocycles. The van der Waals surface area contributed by atoms with Gasteiger partial charge in [0.25, 0.3) is 5.56 Å². The molecule has 0 unspecified atom stereocenters. The van der Waals surface area contributed by atoms with Gasteiger partial charge in [-0.25, -0.2) is 9.37 Å². The predicted molar refractivity (Wildman–Crippen MR) is 110 cm³/mol. The van der Waals surface area contributed by atoms with Crippen molar-refractivity contribution in [1.29, 1.82) is 0 Å². The van der Waals surface area contributed by atoms with E-state index in [0.29, 0.717) is 29.2 Å². The Kier molecular flexibility index (Phi) is 6.26. The van der Waals surface area contributed by atoms with E-state index in [9.17, 15) is 14.0 Å². The molecule has 0 atom stereocenters. The van der Waals surface area contributed by atoms with Crippen LogP contribution in [-0.4, -0.2) is 21.7 Å². The van der Waals surface area contributed by atoms with E-state index < -0.39 is 0 Å². The molecule has 5 nitrogen and oxygen atoms in total. The highest BCUT2D eigenvalue weighted by Gasteiger charge is 2.14. The maximum atomic E-state index is 13.3. The number of hydrogen-bond acceptors (Lipinski definition) is 4. The summed E-state index contributed by atoms with van der Waals surface area (Å²) in [7, 11) is 0. The molecule has 1 heterocycles. The van der Waals surface area contributed by atoms with Gasteiger partial charge in [0.05, 0.1) is 0 Å². The molecule has 1 N–H and O–H groups in total. The second-order valence-electron chi connectivity index (χ2n) is 6.14. The number of anilines is 1. The fourth-order valence-electron chi connectivity index (χ4n) is 2.75. The van der Waals surface area contributed by atoms with Crippen LogP contribution in [0.4, 0.5) is 10.1 Å². The highest BCUT2D eigenvalue weighted by Crippen LogP contribution is 2.20. The summed E-state index contributed by atoms with van der Waals surface area (Å²) in [5.41, 5.74) is 1.53. The number of halogens is 1. The first kappa shape index (κ1) is 19.8. The number of carbonyl (C=O) groups excluding carboxylic acids is 1. The summed E-state index contributed by atoms with van der Waals surface area (Å²) in [6.07, 6.45) is 2.54. The van der Waals surface area contributed by atoms with E-state index in [2.05, 4.69) is 10.3 Å². The predicted octanol–water partition coefficient (Wildman–Crippen LogP) is 3.97. The summed E-state index contributed by atoms with van der Waals surface area (Å²) >= 11 is 1.57. The molecule has 0 radical (unpaired) electrons. The van der Waals surface area contributed by atoms with Gasteiger partial charge >= 0.3 is 0 Å². The van der Waals surface area contributed by atoms with Crippen molar-refractivity contribution in [2.24, 2.45) is 0 Å². The maximum Gasteiger partial charge on any atom is 0.254 e. The van der Waals surface area contributed by atoms with Gasteiger partial charge < -0.3 is 5.32 Å². The molecule has 0 aliphatic heterocycles. The van der Waals surface area contributed by atoms with Crippen LogP contribution in [0, 0.1) is 5.82 Å². The summed E-state index contributed by atoms with van der Waals surface area (Å²) in [5, 5.41) is 2.81. The van der Waals surface area contributed by atoms with Gasteiger partial charge in [0.2, 0.25) is 5.91 Å². The fourth-order valence-corrected chi connectivity index (χ4v) is 3.21. The van der Waals surface area contributed by atoms with E-state index in [0.717, 1.165) is 4.90 Å². The normalized spacial score (nSPS) is 10.7. The van der Waals surface area contributed by atoms with Crippen LogP contribution in [0.3, 0.4) is 0 Å². The summed E-state index contributed by atoms with van der Waals surface area (Å²) in [6.45, 7) is 1.71. The van der Waals surface area contributed by atoms with Crippen LogP contribution in [0.15, 0.2) is 64.3 Å². The Bertz CT molecular complexity index is 1050. The van der Waals surface area contributed by atoms with E-state index in [1.807, 2.05) is 31.4 Å². The van der Waals surface area contributed by atoms with Crippen LogP contribution >= 0.6 is 11.8 Å². The average molecular weight is 397 g/mol. The fraction of sp³-hybridized carbons (Fsp3) is 0.190. The van der Waals surface area contributed by atoms with E-state index in [1.165, 1.54) is 22.8 Å². The van der Waals surface area contributed by atoms with Crippen molar-refractivity contribution < 1.29 is 9.18 Å². The Morgan fingerprint density at radius 1 is 1.18 bits per heavy atom. The second kappa shape index (κ2) is 8.84. The number of nitrogens with one attached hydrogen (secondary N) is 1. The SMILES string of the molecule is CCc1cc(=O)n(CC(=O)Nc2cccc(SC)c2)c(-c2ccc(F)cc2)n1. The third-order valence-corrected chi connectivity index (χ3v) is 4.91. The molecule has 28 heavy (non-hydrogen) atoms. The zero-order valence-corrected chi connectivity index (χ0v) is 16.4. The molecule has 0 aliphatic carbocycles. The van der Waals surface area contributed by atoms with E-state index in [1.54, 1.807) is 30.0 Å². The Hall–Kier alpha value is -2.93. The van der Waals surface area contributed by atoms with E-state index in [4.69, 9.17) is 0 Å². The zero-order chi connectivity index (χ0) is 20.1. The summed E-state index contributed by atoms with van der Waals surface area (Å²) in [5.74, 6) is -0.372. The lowest BCUT2D eigenvalue weighted by atomic mass is 10.2. The molecule has 2 aromatic carbocycles. The summed E-state index contributed by atoms with van der Waals surface area (Å²) < 4.78 is 14.6. The maximum absolute atomic E-state index is 13.3. The standard InChI is InChI=1S/C21H20FN3O2S/c1-3-16-12-20(27)25(21(24-16)14-7-9-15(22)10-8-14)13-19(26)23-17-5-4-6-18(11-17)28-2/h4-12H,3,13H2,1-2H3,(H,23,26). The van der Waals surface area contributed by atoms with Crippen molar-refractivity contribution in [1.82, 2.24) is 9.55 Å². The minimum atomic E-state index is -0.379. The van der Waals surface area contributed by atoms with Crippen molar-refractivity contribution in [2.75, 3.05) is 11.6 Å². The largest absolute Gasteiger partial charge is 0.324 e. The van der Waals surface area contributed by atoms with Crippen LogP contribution in [0.1, 0.15) is 12.6 Å². The Balaban J connectivity index is 1.93. The quantitative estimate of drug-likeness (QED) is 0.639. The molecule has 0 saturated heterocycles. The smallest absolute Gasteiger partial charge is 0.254 e. The molecular formula is C21H20FN3O2S. The second-order valence-corrected chi connectivity index (χ2v) is 7.02. The Labute approximate surface area is 166 Å². The van der Waals surface area contributed by atoms with Crippen LogP contribution in [0.25, 0.3) is 11.4 Å². The lowest BCUT2D eigenvalue weighted by Gasteiger charge is -2.14. The van der Waals surface area contributed by atoms with Crippen molar-refractivity contribution in [3.05, 3.63) is 76.5 Å². The van der Waals surface area contributed by atoms with Crippen molar-refractivity contribution in [3.8, 4) is 11.4 Å². The molecule has 1 aromatic heterocycles. The molecule has 7 heteroatoms. The molecule has 0 spiro atoms. The molecule has 3 rings (SSSR count). The van der Waals surface area contributed by atoms with Crippen molar-refractivity contribution >= 4 is 23.4 Å². The van der Waals surface area contributed by atoms with Crippen LogP contribution in [0.2, 0.25) is 0 Å². The van der Waals surface area contributed by atoms with Crippen LogP contribution in [-0.2, 0) is 17.8 Å². The number of benzene rings is 2. The van der Waals surface area contributed by atoms with Gasteiger partial charge in [-0.3, -0.25) is 14.2 Å². The third-order valence-electron chi connectivity index (χ3n) is 4.18. The summed E-state index contributed by atoms with van der Waals surface area (Å²) in [6, 6.07) is 14.6. The van der Waals surface area contributed by atoms with Gasteiger partial charge in [0, 0.05) is 27.9 Å². The van der Waals surface area contributed by atoms with Gasteiger partial charge in [-0.1, -0.05) is 13.0 Å². The number of aryl methyl sites for hydroxylation is 1. The van der Waals surface area contributed by atoms with Crippen molar-refractivity contribution in [3.63, 3.8) is 0 Å². The number of rotatable bonds is 6. The molecule has 144 valence electrons. The minimum Gasteiger partial charge on any atom is -0.324 e. The Morgan fingerprint density at radius 2 is 1.93 bits per heavy atom. The number of aromatic nitrogens is 2. The highest BCUT2D eigenvalue weighted by molar-refractivity contribution is 7.98. The van der Waals surface area contributed by atoms with Gasteiger partial charge in [-0.2, -0.15) is 0 Å². The Morgan fingerprint density at radius 3 is 2.61 bits per heavy atom. The van der Waals surface area contributed by atoms with Crippen molar-refractivity contribution in [2.45, 2.75) is 24.8 Å². The van der Waals surface area contributed by atoms with E-state index in [-0.39, 0.29) is 23.8 Å². The topological polar surface area (TPSA) is 64.0 Å². The number of hydrogen-bond donors (Lipinski definition) is 1. The highest BCUT2D eigenvalue weighted by atomic mass is 32.2. The van der Waals surface area contributed by atoms with Gasteiger partial charge in [0.1, 0.15) is 18.2 Å². The first-order valence-corrected chi connectivity index (χ1v) is 10.0. The van der Waals surface area contributed by atoms with Gasteiger partial charge in [-0.05, 0) is 55.1 Å². The number of thioether (sulfide) groups is 1. The lowest BCUT2D eigenvalue weighted by molar-refractivity contribution is -0.116. The molecule has 1 amide bonds. The average Bonchev–Trinajstić information content (AvgIpc) is 2.70. The van der Waals surface area contributed by atoms with Crippen LogP contribution < -0.4 is 10.9 Å². The minimum absolute atomic E-state index is 0.188. The molecule has 3 aromatic rings. The first-order chi connectivity index (χ1) is 13.5. The zero-order valence-electron chi connectivity index (χ0n) is 15.6.